The van der Waals surface area contributed by atoms with Crippen LogP contribution in [0, 0.1) is 0 Å². The molecule has 2 aromatic rings. The Morgan fingerprint density at radius 3 is 2.40 bits per heavy atom. The van der Waals surface area contributed by atoms with Gasteiger partial charge in [0.2, 0.25) is 0 Å². The maximum atomic E-state index is 8.89. The van der Waals surface area contributed by atoms with Crippen LogP contribution in [0.1, 0.15) is 18.1 Å². The predicted octanol–water partition coefficient (Wildman–Crippen LogP) is 0.640. The van der Waals surface area contributed by atoms with Gasteiger partial charge in [-0.1, -0.05) is 0 Å². The maximum Gasteiger partial charge on any atom is 0.0712 e. The summed E-state index contributed by atoms with van der Waals surface area (Å²) in [6, 6.07) is 0. The summed E-state index contributed by atoms with van der Waals surface area (Å²) in [5.74, 6) is 0. The minimum atomic E-state index is 0.0359. The third kappa shape index (κ3) is 2.24. The van der Waals surface area contributed by atoms with Crippen molar-refractivity contribution < 1.29 is 5.11 Å². The molecule has 0 saturated carbocycles. The molecule has 2 rings (SSSR count). The van der Waals surface area contributed by atoms with Crippen LogP contribution < -0.4 is 0 Å². The second kappa shape index (κ2) is 4.27. The molecule has 0 aromatic carbocycles. The third-order valence-electron chi connectivity index (χ3n) is 2.22. The number of aliphatic hydroxyl groups excluding tert-OH is 1. The molecule has 0 radical (unpaired) electrons. The molecule has 0 saturated heterocycles. The van der Waals surface area contributed by atoms with Crippen molar-refractivity contribution in [2.24, 2.45) is 0 Å². The highest BCUT2D eigenvalue weighted by molar-refractivity contribution is 5.07. The van der Waals surface area contributed by atoms with Crippen molar-refractivity contribution in [3.63, 3.8) is 0 Å². The van der Waals surface area contributed by atoms with Crippen LogP contribution in [-0.4, -0.2) is 24.7 Å². The summed E-state index contributed by atoms with van der Waals surface area (Å²) in [5, 5.41) is 17.2. The van der Waals surface area contributed by atoms with Crippen LogP contribution in [0.3, 0.4) is 0 Å². The first kappa shape index (κ1) is 9.92. The van der Waals surface area contributed by atoms with E-state index in [-0.39, 0.29) is 6.61 Å². The maximum absolute atomic E-state index is 8.89. The van der Waals surface area contributed by atoms with Crippen LogP contribution in [0.2, 0.25) is 0 Å². The number of aryl methyl sites for hydroxylation is 1. The van der Waals surface area contributed by atoms with Gasteiger partial charge in [0.25, 0.3) is 0 Å². The number of hydrogen-bond donors (Lipinski definition) is 1. The first-order valence-electron chi connectivity index (χ1n) is 4.95. The summed E-state index contributed by atoms with van der Waals surface area (Å²) in [4.78, 5) is 0. The van der Waals surface area contributed by atoms with Gasteiger partial charge >= 0.3 is 0 Å². The molecule has 0 atom stereocenters. The van der Waals surface area contributed by atoms with Crippen molar-refractivity contribution in [2.75, 3.05) is 0 Å². The first-order valence-corrected chi connectivity index (χ1v) is 4.95. The smallest absolute Gasteiger partial charge is 0.0712 e. The van der Waals surface area contributed by atoms with Crippen molar-refractivity contribution in [1.82, 2.24) is 19.6 Å². The lowest BCUT2D eigenvalue weighted by Crippen LogP contribution is -1.99. The SMILES string of the molecule is CCn1cc(Cn2cc(CO)cn2)cn1. The van der Waals surface area contributed by atoms with Crippen molar-refractivity contribution >= 4 is 0 Å². The molecule has 0 aliphatic rings. The summed E-state index contributed by atoms with van der Waals surface area (Å²) >= 11 is 0. The van der Waals surface area contributed by atoms with Crippen LogP contribution in [0.15, 0.2) is 24.8 Å². The molecule has 80 valence electrons. The molecule has 2 heterocycles. The Balaban J connectivity index is 2.07. The van der Waals surface area contributed by atoms with Crippen molar-refractivity contribution in [3.05, 3.63) is 35.9 Å². The molecule has 0 bridgehead atoms. The molecule has 0 fully saturated rings. The monoisotopic (exact) mass is 206 g/mol. The largest absolute Gasteiger partial charge is 0.392 e. The topological polar surface area (TPSA) is 55.9 Å². The third-order valence-corrected chi connectivity index (χ3v) is 2.22. The number of nitrogens with zero attached hydrogens (tertiary/aromatic N) is 4. The molecule has 0 amide bonds. The molecule has 0 aliphatic heterocycles. The van der Waals surface area contributed by atoms with E-state index in [0.717, 1.165) is 17.7 Å². The van der Waals surface area contributed by atoms with Gasteiger partial charge in [0.15, 0.2) is 0 Å². The zero-order valence-electron chi connectivity index (χ0n) is 8.67. The molecular formula is C10H14N4O. The molecule has 5 nitrogen and oxygen atoms in total. The van der Waals surface area contributed by atoms with Crippen LogP contribution in [0.5, 0.6) is 0 Å². The predicted molar refractivity (Wildman–Crippen MR) is 55.2 cm³/mol. The second-order valence-electron chi connectivity index (χ2n) is 3.41. The Kier molecular flexibility index (Phi) is 2.82. The lowest BCUT2D eigenvalue weighted by Gasteiger charge is -1.96. The minimum Gasteiger partial charge on any atom is -0.392 e. The molecular weight excluding hydrogens is 192 g/mol. The van der Waals surface area contributed by atoms with Gasteiger partial charge in [-0.15, -0.1) is 0 Å². The van der Waals surface area contributed by atoms with E-state index in [1.54, 1.807) is 10.9 Å². The quantitative estimate of drug-likeness (QED) is 0.798. The number of aromatic nitrogens is 4. The van der Waals surface area contributed by atoms with Crippen LogP contribution >= 0.6 is 0 Å². The van der Waals surface area contributed by atoms with E-state index in [0.29, 0.717) is 6.54 Å². The summed E-state index contributed by atoms with van der Waals surface area (Å²) in [6.45, 7) is 3.66. The van der Waals surface area contributed by atoms with E-state index in [1.165, 1.54) is 0 Å². The highest BCUT2D eigenvalue weighted by atomic mass is 16.3. The van der Waals surface area contributed by atoms with Gasteiger partial charge in [-0.3, -0.25) is 9.36 Å². The molecule has 0 spiro atoms. The molecule has 1 N–H and O–H groups in total. The van der Waals surface area contributed by atoms with Gasteiger partial charge in [0, 0.05) is 30.1 Å². The fourth-order valence-corrected chi connectivity index (χ4v) is 1.42. The summed E-state index contributed by atoms with van der Waals surface area (Å²) in [7, 11) is 0. The van der Waals surface area contributed by atoms with Gasteiger partial charge in [-0.05, 0) is 6.92 Å². The average Bonchev–Trinajstić information content (AvgIpc) is 2.87. The number of rotatable bonds is 4. The van der Waals surface area contributed by atoms with Crippen LogP contribution in [0.4, 0.5) is 0 Å². The summed E-state index contributed by atoms with van der Waals surface area (Å²) in [5.41, 5.74) is 1.95. The van der Waals surface area contributed by atoms with Gasteiger partial charge in [-0.2, -0.15) is 10.2 Å². The van der Waals surface area contributed by atoms with E-state index < -0.39 is 0 Å². The fraction of sp³-hybridized carbons (Fsp3) is 0.400. The highest BCUT2D eigenvalue weighted by Gasteiger charge is 2.00. The lowest BCUT2D eigenvalue weighted by atomic mass is 10.3. The number of aliphatic hydroxyl groups is 1. The van der Waals surface area contributed by atoms with Gasteiger partial charge in [0.1, 0.15) is 0 Å². The zero-order chi connectivity index (χ0) is 10.7. The van der Waals surface area contributed by atoms with E-state index >= 15 is 0 Å². The van der Waals surface area contributed by atoms with Gasteiger partial charge in [-0.25, -0.2) is 0 Å². The fourth-order valence-electron chi connectivity index (χ4n) is 1.42. The van der Waals surface area contributed by atoms with E-state index in [1.807, 2.05) is 23.3 Å². The Bertz CT molecular complexity index is 392. The van der Waals surface area contributed by atoms with Crippen molar-refractivity contribution in [3.8, 4) is 0 Å². The van der Waals surface area contributed by atoms with Crippen LogP contribution in [0.25, 0.3) is 0 Å². The van der Waals surface area contributed by atoms with Crippen LogP contribution in [-0.2, 0) is 19.7 Å². The van der Waals surface area contributed by atoms with E-state index in [4.69, 9.17) is 5.11 Å². The molecule has 0 aliphatic carbocycles. The highest BCUT2D eigenvalue weighted by Crippen LogP contribution is 2.03. The number of hydrogen-bond acceptors (Lipinski definition) is 3. The second-order valence-corrected chi connectivity index (χ2v) is 3.41. The van der Waals surface area contributed by atoms with Gasteiger partial charge in [0.05, 0.1) is 25.5 Å². The molecule has 2 aromatic heterocycles. The van der Waals surface area contributed by atoms with Gasteiger partial charge < -0.3 is 5.11 Å². The van der Waals surface area contributed by atoms with Crippen molar-refractivity contribution in [1.29, 1.82) is 0 Å². The van der Waals surface area contributed by atoms with E-state index in [2.05, 4.69) is 17.1 Å². The Hall–Kier alpha value is -1.62. The molecule has 0 unspecified atom stereocenters. The first-order chi connectivity index (χ1) is 7.31. The molecule has 5 heteroatoms. The lowest BCUT2D eigenvalue weighted by molar-refractivity contribution is 0.281. The Morgan fingerprint density at radius 2 is 1.80 bits per heavy atom. The summed E-state index contributed by atoms with van der Waals surface area (Å²) < 4.78 is 3.67. The Morgan fingerprint density at radius 1 is 1.13 bits per heavy atom. The zero-order valence-corrected chi connectivity index (χ0v) is 8.67. The van der Waals surface area contributed by atoms with E-state index in [9.17, 15) is 0 Å². The standard InChI is InChI=1S/C10H14N4O/c1-2-13-5-9(3-11-13)6-14-7-10(8-15)4-12-14/h3-5,7,15H,2,6,8H2,1H3. The minimum absolute atomic E-state index is 0.0359. The normalized spacial score (nSPS) is 10.8. The summed E-state index contributed by atoms with van der Waals surface area (Å²) in [6.07, 6.45) is 7.34. The molecule has 15 heavy (non-hydrogen) atoms. The van der Waals surface area contributed by atoms with Crippen molar-refractivity contribution in [2.45, 2.75) is 26.6 Å². The Labute approximate surface area is 88.0 Å². The average molecular weight is 206 g/mol.